The van der Waals surface area contributed by atoms with Crippen LogP contribution in [-0.2, 0) is 6.54 Å². The van der Waals surface area contributed by atoms with Gasteiger partial charge in [0.1, 0.15) is 11.6 Å². The van der Waals surface area contributed by atoms with Crippen LogP contribution in [-0.4, -0.2) is 48.6 Å². The van der Waals surface area contributed by atoms with Crippen molar-refractivity contribution >= 4 is 23.3 Å². The summed E-state index contributed by atoms with van der Waals surface area (Å²) in [7, 11) is 1.68. The summed E-state index contributed by atoms with van der Waals surface area (Å²) in [6.07, 6.45) is 1.04. The standard InChI is InChI=1S/C18H22N4O2S/c1-24-15-5-3-14(4-6-15)20-8-10-21(11-9-20)16-13-17(23)22-7-2-12-25-18(22)19-16/h3-6,13H,2,7-12H2,1H3. The Morgan fingerprint density at radius 2 is 1.76 bits per heavy atom. The van der Waals surface area contributed by atoms with E-state index in [-0.39, 0.29) is 5.56 Å². The molecule has 2 aliphatic rings. The van der Waals surface area contributed by atoms with E-state index in [4.69, 9.17) is 9.72 Å². The number of piperazine rings is 1. The lowest BCUT2D eigenvalue weighted by atomic mass is 10.2. The molecule has 25 heavy (non-hydrogen) atoms. The Morgan fingerprint density at radius 1 is 1.04 bits per heavy atom. The monoisotopic (exact) mass is 358 g/mol. The molecule has 0 amide bonds. The van der Waals surface area contributed by atoms with E-state index in [2.05, 4.69) is 21.9 Å². The summed E-state index contributed by atoms with van der Waals surface area (Å²) in [6.45, 7) is 4.36. The fourth-order valence-electron chi connectivity index (χ4n) is 3.32. The number of anilines is 2. The lowest BCUT2D eigenvalue weighted by molar-refractivity contribution is 0.415. The van der Waals surface area contributed by atoms with E-state index in [9.17, 15) is 4.79 Å². The third-order valence-electron chi connectivity index (χ3n) is 4.76. The van der Waals surface area contributed by atoms with Gasteiger partial charge >= 0.3 is 0 Å². The lowest BCUT2D eigenvalue weighted by Gasteiger charge is -2.37. The number of methoxy groups -OCH3 is 1. The third kappa shape index (κ3) is 3.33. The first-order valence-corrected chi connectivity index (χ1v) is 9.62. The molecule has 0 unspecified atom stereocenters. The summed E-state index contributed by atoms with van der Waals surface area (Å²) in [6, 6.07) is 9.86. The quantitative estimate of drug-likeness (QED) is 0.783. The minimum Gasteiger partial charge on any atom is -0.497 e. The molecule has 1 aromatic heterocycles. The minimum absolute atomic E-state index is 0.0739. The summed E-state index contributed by atoms with van der Waals surface area (Å²) < 4.78 is 7.02. The van der Waals surface area contributed by atoms with E-state index in [0.29, 0.717) is 0 Å². The van der Waals surface area contributed by atoms with Crippen molar-refractivity contribution in [1.82, 2.24) is 9.55 Å². The van der Waals surface area contributed by atoms with Crippen molar-refractivity contribution in [2.24, 2.45) is 0 Å². The van der Waals surface area contributed by atoms with Crippen LogP contribution in [0.2, 0.25) is 0 Å². The fraction of sp³-hybridized carbons (Fsp3) is 0.444. The SMILES string of the molecule is COc1ccc(N2CCN(c3cc(=O)n4c(n3)SCCC4)CC2)cc1. The van der Waals surface area contributed by atoms with Crippen molar-refractivity contribution in [3.05, 3.63) is 40.7 Å². The van der Waals surface area contributed by atoms with Crippen LogP contribution in [0.15, 0.2) is 40.3 Å². The molecule has 0 atom stereocenters. The number of fused-ring (bicyclic) bond motifs is 1. The zero-order chi connectivity index (χ0) is 17.2. The van der Waals surface area contributed by atoms with Crippen molar-refractivity contribution in [2.75, 3.05) is 48.8 Å². The second-order valence-corrected chi connectivity index (χ2v) is 7.32. The molecule has 0 aliphatic carbocycles. The molecular weight excluding hydrogens is 336 g/mol. The van der Waals surface area contributed by atoms with Crippen molar-refractivity contribution in [3.8, 4) is 5.75 Å². The number of rotatable bonds is 3. The van der Waals surface area contributed by atoms with Crippen molar-refractivity contribution in [1.29, 1.82) is 0 Å². The number of ether oxygens (including phenoxy) is 1. The van der Waals surface area contributed by atoms with Gasteiger partial charge in [-0.2, -0.15) is 0 Å². The molecular formula is C18H22N4O2S. The average Bonchev–Trinajstić information content (AvgIpc) is 2.68. The van der Waals surface area contributed by atoms with E-state index in [1.807, 2.05) is 12.1 Å². The fourth-order valence-corrected chi connectivity index (χ4v) is 4.28. The highest BCUT2D eigenvalue weighted by Crippen LogP contribution is 2.25. The van der Waals surface area contributed by atoms with Crippen LogP contribution in [0.1, 0.15) is 6.42 Å². The van der Waals surface area contributed by atoms with Crippen molar-refractivity contribution < 1.29 is 4.74 Å². The van der Waals surface area contributed by atoms with Gasteiger partial charge < -0.3 is 14.5 Å². The van der Waals surface area contributed by atoms with Crippen LogP contribution in [0.5, 0.6) is 5.75 Å². The van der Waals surface area contributed by atoms with Crippen LogP contribution in [0.25, 0.3) is 0 Å². The van der Waals surface area contributed by atoms with E-state index >= 15 is 0 Å². The van der Waals surface area contributed by atoms with Gasteiger partial charge in [-0.3, -0.25) is 9.36 Å². The highest BCUT2D eigenvalue weighted by Gasteiger charge is 2.21. The topological polar surface area (TPSA) is 50.6 Å². The molecule has 1 fully saturated rings. The van der Waals surface area contributed by atoms with Crippen molar-refractivity contribution in [2.45, 2.75) is 18.1 Å². The zero-order valence-electron chi connectivity index (χ0n) is 14.4. The zero-order valence-corrected chi connectivity index (χ0v) is 15.2. The Morgan fingerprint density at radius 3 is 2.48 bits per heavy atom. The highest BCUT2D eigenvalue weighted by atomic mass is 32.2. The van der Waals surface area contributed by atoms with Crippen LogP contribution < -0.4 is 20.1 Å². The van der Waals surface area contributed by atoms with Crippen LogP contribution in [0, 0.1) is 0 Å². The molecule has 2 aliphatic heterocycles. The number of nitrogens with zero attached hydrogens (tertiary/aromatic N) is 4. The normalized spacial score (nSPS) is 17.3. The van der Waals surface area contributed by atoms with Gasteiger partial charge in [-0.05, 0) is 30.7 Å². The number of benzene rings is 1. The Hall–Kier alpha value is -2.15. The van der Waals surface area contributed by atoms with Gasteiger partial charge in [-0.1, -0.05) is 11.8 Å². The Kier molecular flexibility index (Phi) is 4.57. The molecule has 0 spiro atoms. The number of hydrogen-bond acceptors (Lipinski definition) is 6. The molecule has 0 radical (unpaired) electrons. The van der Waals surface area contributed by atoms with Gasteiger partial charge in [0.15, 0.2) is 5.16 Å². The maximum absolute atomic E-state index is 12.3. The average molecular weight is 358 g/mol. The Balaban J connectivity index is 1.46. The number of aromatic nitrogens is 2. The second-order valence-electron chi connectivity index (χ2n) is 6.26. The predicted octanol–water partition coefficient (Wildman–Crippen LogP) is 2.07. The summed E-state index contributed by atoms with van der Waals surface area (Å²) in [5.41, 5.74) is 1.28. The summed E-state index contributed by atoms with van der Waals surface area (Å²) >= 11 is 1.68. The second kappa shape index (κ2) is 7.00. The maximum atomic E-state index is 12.3. The lowest BCUT2D eigenvalue weighted by Crippen LogP contribution is -2.47. The van der Waals surface area contributed by atoms with E-state index in [1.54, 1.807) is 29.5 Å². The highest BCUT2D eigenvalue weighted by molar-refractivity contribution is 7.99. The van der Waals surface area contributed by atoms with Gasteiger partial charge in [-0.15, -0.1) is 0 Å². The summed E-state index contributed by atoms with van der Waals surface area (Å²) in [5.74, 6) is 2.74. The van der Waals surface area contributed by atoms with Crippen LogP contribution in [0.4, 0.5) is 11.5 Å². The minimum atomic E-state index is 0.0739. The van der Waals surface area contributed by atoms with Gasteiger partial charge in [0.05, 0.1) is 7.11 Å². The molecule has 7 heteroatoms. The van der Waals surface area contributed by atoms with Gasteiger partial charge in [-0.25, -0.2) is 4.98 Å². The first-order chi connectivity index (χ1) is 12.2. The number of thioether (sulfide) groups is 1. The molecule has 0 saturated carbocycles. The molecule has 0 bridgehead atoms. The van der Waals surface area contributed by atoms with Gasteiger partial charge in [0.2, 0.25) is 0 Å². The van der Waals surface area contributed by atoms with Crippen LogP contribution in [0.3, 0.4) is 0 Å². The molecule has 1 saturated heterocycles. The van der Waals surface area contributed by atoms with Crippen LogP contribution >= 0.6 is 11.8 Å². The summed E-state index contributed by atoms with van der Waals surface area (Å²) in [4.78, 5) is 21.6. The van der Waals surface area contributed by atoms with Gasteiger partial charge in [0, 0.05) is 50.2 Å². The van der Waals surface area contributed by atoms with Crippen molar-refractivity contribution in [3.63, 3.8) is 0 Å². The summed E-state index contributed by atoms with van der Waals surface area (Å²) in [5, 5.41) is 0.867. The third-order valence-corrected chi connectivity index (χ3v) is 5.82. The Labute approximate surface area is 151 Å². The predicted molar refractivity (Wildman–Crippen MR) is 101 cm³/mol. The molecule has 4 rings (SSSR count). The first-order valence-electron chi connectivity index (χ1n) is 8.63. The van der Waals surface area contributed by atoms with E-state index in [1.165, 1.54) is 5.69 Å². The maximum Gasteiger partial charge on any atom is 0.256 e. The van der Waals surface area contributed by atoms with Gasteiger partial charge in [0.25, 0.3) is 5.56 Å². The molecule has 6 nitrogen and oxygen atoms in total. The largest absolute Gasteiger partial charge is 0.497 e. The smallest absolute Gasteiger partial charge is 0.256 e. The molecule has 0 N–H and O–H groups in total. The molecule has 1 aromatic carbocycles. The molecule has 3 heterocycles. The molecule has 2 aromatic rings. The Bertz CT molecular complexity index is 798. The van der Waals surface area contributed by atoms with E-state index < -0.39 is 0 Å². The van der Waals surface area contributed by atoms with E-state index in [0.717, 1.165) is 61.6 Å². The number of hydrogen-bond donors (Lipinski definition) is 0. The molecule has 132 valence electrons. The first kappa shape index (κ1) is 16.3.